The van der Waals surface area contributed by atoms with Gasteiger partial charge in [-0.3, -0.25) is 0 Å². The minimum Gasteiger partial charge on any atom is -0.479 e. The van der Waals surface area contributed by atoms with Crippen LogP contribution in [-0.2, 0) is 19.0 Å². The number of hydrogen-bond acceptors (Lipinski definition) is 9. The zero-order chi connectivity index (χ0) is 22.6. The highest BCUT2D eigenvalue weighted by Crippen LogP contribution is 2.59. The molecule has 6 N–H and O–H groups in total. The van der Waals surface area contributed by atoms with E-state index in [-0.39, 0.29) is 24.4 Å². The van der Waals surface area contributed by atoms with Gasteiger partial charge in [0.1, 0.15) is 24.4 Å². The van der Waals surface area contributed by atoms with Crippen LogP contribution in [0.15, 0.2) is 11.1 Å². The van der Waals surface area contributed by atoms with Crippen LogP contribution in [0.4, 0.5) is 0 Å². The monoisotopic (exact) mass is 444 g/mol. The normalized spacial score (nSPS) is 48.9. The van der Waals surface area contributed by atoms with Crippen molar-refractivity contribution in [3.8, 4) is 0 Å². The van der Waals surface area contributed by atoms with Gasteiger partial charge in [0.2, 0.25) is 0 Å². The Bertz CT molecular complexity index is 738. The van der Waals surface area contributed by atoms with Gasteiger partial charge in [-0.05, 0) is 50.5 Å². The number of carboxylic acids is 1. The number of aliphatic carboxylic acids is 1. The Labute approximate surface area is 180 Å². The number of aliphatic hydroxyl groups is 5. The summed E-state index contributed by atoms with van der Waals surface area (Å²) < 4.78 is 16.9. The van der Waals surface area contributed by atoms with Crippen LogP contribution in [-0.4, -0.2) is 98.8 Å². The van der Waals surface area contributed by atoms with E-state index >= 15 is 0 Å². The van der Waals surface area contributed by atoms with Crippen LogP contribution in [0.3, 0.4) is 0 Å². The molecular formula is C21H32O10. The first kappa shape index (κ1) is 23.1. The topological polar surface area (TPSA) is 166 Å². The third-order valence-corrected chi connectivity index (χ3v) is 7.79. The second-order valence-corrected chi connectivity index (χ2v) is 9.50. The number of carboxylic acid groups (broad SMARTS) is 1. The van der Waals surface area contributed by atoms with Crippen molar-refractivity contribution in [3.63, 3.8) is 0 Å². The molecule has 2 aliphatic carbocycles. The van der Waals surface area contributed by atoms with Gasteiger partial charge < -0.3 is 44.8 Å². The summed E-state index contributed by atoms with van der Waals surface area (Å²) in [5.74, 6) is -1.17. The standard InChI is InChI=1S/C21H32O10/c1-10(8-29-18-17(25)16(24)15(23)13(7-22)31-18)11-2-4-20-6-14(30-9-20)21(28,19(26)27)5-3-12(11)20/h12-18,22-25,28H,2-9H2,1H3,(H,26,27)/b11-10+/t12-,13-,14+,15+,16+,17+,18-,20+,21+/m0/s1. The van der Waals surface area contributed by atoms with Gasteiger partial charge in [0, 0.05) is 5.41 Å². The van der Waals surface area contributed by atoms with Gasteiger partial charge in [0.05, 0.1) is 25.9 Å². The predicted molar refractivity (Wildman–Crippen MR) is 104 cm³/mol. The third kappa shape index (κ3) is 3.72. The maximum absolute atomic E-state index is 11.7. The van der Waals surface area contributed by atoms with Crippen LogP contribution in [0, 0.1) is 11.3 Å². The molecule has 1 spiro atoms. The Morgan fingerprint density at radius 2 is 1.94 bits per heavy atom. The number of rotatable bonds is 5. The Balaban J connectivity index is 1.48. The fourth-order valence-electron chi connectivity index (χ4n) is 5.85. The molecule has 2 saturated carbocycles. The molecule has 0 aromatic heterocycles. The predicted octanol–water partition coefficient (Wildman–Crippen LogP) is -1.09. The van der Waals surface area contributed by atoms with E-state index in [0.29, 0.717) is 19.4 Å². The van der Waals surface area contributed by atoms with E-state index < -0.39 is 55.0 Å². The summed E-state index contributed by atoms with van der Waals surface area (Å²) in [4.78, 5) is 11.7. The van der Waals surface area contributed by atoms with Gasteiger partial charge in [-0.25, -0.2) is 4.79 Å². The molecule has 176 valence electrons. The van der Waals surface area contributed by atoms with Crippen molar-refractivity contribution in [2.45, 2.75) is 81.4 Å². The molecular weight excluding hydrogens is 412 g/mol. The average Bonchev–Trinajstić information content (AvgIpc) is 3.30. The highest BCUT2D eigenvalue weighted by Gasteiger charge is 2.60. The highest BCUT2D eigenvalue weighted by molar-refractivity contribution is 5.78. The minimum absolute atomic E-state index is 0.0734. The summed E-state index contributed by atoms with van der Waals surface area (Å²) in [7, 11) is 0. The Morgan fingerprint density at radius 3 is 2.61 bits per heavy atom. The molecule has 10 nitrogen and oxygen atoms in total. The Morgan fingerprint density at radius 1 is 1.19 bits per heavy atom. The van der Waals surface area contributed by atoms with Crippen LogP contribution < -0.4 is 0 Å². The first-order chi connectivity index (χ1) is 14.6. The van der Waals surface area contributed by atoms with Crippen LogP contribution in [0.25, 0.3) is 0 Å². The van der Waals surface area contributed by atoms with E-state index in [2.05, 4.69) is 0 Å². The first-order valence-electron chi connectivity index (χ1n) is 10.8. The van der Waals surface area contributed by atoms with Gasteiger partial charge in [-0.15, -0.1) is 0 Å². The number of allylic oxidation sites excluding steroid dienone is 1. The molecule has 2 bridgehead atoms. The number of ether oxygens (including phenoxy) is 3. The molecule has 10 heteroatoms. The van der Waals surface area contributed by atoms with Crippen molar-refractivity contribution < 1.29 is 49.6 Å². The summed E-state index contributed by atoms with van der Waals surface area (Å²) in [6.07, 6.45) is -4.53. The zero-order valence-electron chi connectivity index (χ0n) is 17.5. The van der Waals surface area contributed by atoms with E-state index in [1.165, 1.54) is 0 Å². The second-order valence-electron chi connectivity index (χ2n) is 9.50. The van der Waals surface area contributed by atoms with E-state index in [9.17, 15) is 35.4 Å². The largest absolute Gasteiger partial charge is 0.479 e. The van der Waals surface area contributed by atoms with Gasteiger partial charge >= 0.3 is 5.97 Å². The van der Waals surface area contributed by atoms with Gasteiger partial charge in [0.25, 0.3) is 0 Å². The lowest BCUT2D eigenvalue weighted by atomic mass is 9.74. The Kier molecular flexibility index (Phi) is 6.21. The lowest BCUT2D eigenvalue weighted by Gasteiger charge is -2.39. The smallest absolute Gasteiger partial charge is 0.338 e. The number of fused-ring (bicyclic) bond motifs is 1. The van der Waals surface area contributed by atoms with E-state index in [1.54, 1.807) is 0 Å². The molecule has 0 radical (unpaired) electrons. The molecule has 9 atom stereocenters. The van der Waals surface area contributed by atoms with E-state index in [0.717, 1.165) is 24.0 Å². The third-order valence-electron chi connectivity index (χ3n) is 7.79. The average molecular weight is 444 g/mol. The fourth-order valence-corrected chi connectivity index (χ4v) is 5.85. The van der Waals surface area contributed by atoms with Crippen molar-refractivity contribution >= 4 is 5.97 Å². The lowest BCUT2D eigenvalue weighted by molar-refractivity contribution is -0.299. The van der Waals surface area contributed by atoms with Gasteiger partial charge in [-0.2, -0.15) is 0 Å². The molecule has 4 rings (SSSR count). The summed E-state index contributed by atoms with van der Waals surface area (Å²) in [6, 6.07) is 0. The van der Waals surface area contributed by atoms with Crippen molar-refractivity contribution in [2.24, 2.45) is 11.3 Å². The maximum Gasteiger partial charge on any atom is 0.338 e. The van der Waals surface area contributed by atoms with Crippen LogP contribution >= 0.6 is 0 Å². The molecule has 0 amide bonds. The molecule has 4 fully saturated rings. The van der Waals surface area contributed by atoms with Crippen LogP contribution in [0.1, 0.15) is 39.0 Å². The SMILES string of the molecule is C/C(CO[C@H]1O[C@@H](CO)[C@@H](O)[C@@H](O)[C@H]1O)=C1/CC[C@]23CO[C@H](C2)[C@@](O)(C(=O)O)CC[C@@H]13. The second kappa shape index (κ2) is 8.35. The maximum atomic E-state index is 11.7. The molecule has 0 aromatic carbocycles. The summed E-state index contributed by atoms with van der Waals surface area (Å²) >= 11 is 0. The van der Waals surface area contributed by atoms with Crippen molar-refractivity contribution in [2.75, 3.05) is 19.8 Å². The van der Waals surface area contributed by atoms with Crippen molar-refractivity contribution in [1.82, 2.24) is 0 Å². The minimum atomic E-state index is -1.88. The number of hydrogen-bond donors (Lipinski definition) is 6. The molecule has 2 saturated heterocycles. The molecule has 31 heavy (non-hydrogen) atoms. The van der Waals surface area contributed by atoms with Crippen LogP contribution in [0.2, 0.25) is 0 Å². The van der Waals surface area contributed by atoms with Gasteiger partial charge in [0.15, 0.2) is 11.9 Å². The quantitative estimate of drug-likeness (QED) is 0.287. The van der Waals surface area contributed by atoms with Gasteiger partial charge in [-0.1, -0.05) is 5.57 Å². The molecule has 2 aliphatic heterocycles. The molecule has 4 aliphatic rings. The van der Waals surface area contributed by atoms with E-state index in [1.807, 2.05) is 6.92 Å². The summed E-state index contributed by atoms with van der Waals surface area (Å²) in [6.45, 7) is 1.91. The number of aliphatic hydroxyl groups excluding tert-OH is 4. The zero-order valence-corrected chi connectivity index (χ0v) is 17.5. The van der Waals surface area contributed by atoms with Crippen molar-refractivity contribution in [1.29, 1.82) is 0 Å². The van der Waals surface area contributed by atoms with Crippen LogP contribution in [0.5, 0.6) is 0 Å². The fraction of sp³-hybridized carbons (Fsp3) is 0.857. The molecule has 0 aromatic rings. The number of carbonyl (C=O) groups is 1. The van der Waals surface area contributed by atoms with E-state index in [4.69, 9.17) is 14.2 Å². The summed E-state index contributed by atoms with van der Waals surface area (Å²) in [5, 5.41) is 59.6. The molecule has 2 heterocycles. The lowest BCUT2D eigenvalue weighted by Crippen LogP contribution is -2.59. The first-order valence-corrected chi connectivity index (χ1v) is 10.8. The summed E-state index contributed by atoms with van der Waals surface area (Å²) in [5.41, 5.74) is -0.00386. The Hall–Kier alpha value is -1.11. The van der Waals surface area contributed by atoms with Crippen molar-refractivity contribution in [3.05, 3.63) is 11.1 Å². The highest BCUT2D eigenvalue weighted by atomic mass is 16.7. The molecule has 0 unspecified atom stereocenters.